The number of methoxy groups -OCH3 is 1. The van der Waals surface area contributed by atoms with Crippen LogP contribution < -0.4 is 0 Å². The summed E-state index contributed by atoms with van der Waals surface area (Å²) in [5, 5.41) is 9.57. The highest BCUT2D eigenvalue weighted by atomic mass is 35.5. The first-order chi connectivity index (χ1) is 8.69. The van der Waals surface area contributed by atoms with E-state index >= 15 is 0 Å². The smallest absolute Gasteiger partial charge is 0.316 e. The van der Waals surface area contributed by atoms with Gasteiger partial charge in [0, 0.05) is 10.6 Å². The van der Waals surface area contributed by atoms with Crippen LogP contribution >= 0.6 is 34.7 Å². The summed E-state index contributed by atoms with van der Waals surface area (Å²) in [6.45, 7) is 0. The van der Waals surface area contributed by atoms with E-state index in [1.165, 1.54) is 30.2 Å². The molecule has 0 spiro atoms. The van der Waals surface area contributed by atoms with Gasteiger partial charge in [-0.2, -0.15) is 0 Å². The van der Waals surface area contributed by atoms with Crippen LogP contribution in [0.25, 0.3) is 10.6 Å². The molecular formula is C11H9ClN2O2S2. The van der Waals surface area contributed by atoms with Crippen LogP contribution in [-0.4, -0.2) is 29.0 Å². The predicted molar refractivity (Wildman–Crippen MR) is 73.1 cm³/mol. The molecule has 0 amide bonds. The number of nitrogens with zero attached hydrogens (tertiary/aromatic N) is 2. The zero-order chi connectivity index (χ0) is 13.0. The van der Waals surface area contributed by atoms with Gasteiger partial charge in [-0.25, -0.2) is 0 Å². The number of hydrogen-bond acceptors (Lipinski definition) is 6. The van der Waals surface area contributed by atoms with E-state index in [9.17, 15) is 4.79 Å². The third kappa shape index (κ3) is 3.44. The van der Waals surface area contributed by atoms with E-state index in [0.29, 0.717) is 5.02 Å². The largest absolute Gasteiger partial charge is 0.468 e. The second kappa shape index (κ2) is 6.17. The van der Waals surface area contributed by atoms with Crippen molar-refractivity contribution in [3.05, 3.63) is 29.3 Å². The molecule has 0 saturated heterocycles. The molecule has 0 N–H and O–H groups in total. The first-order valence-electron chi connectivity index (χ1n) is 4.98. The summed E-state index contributed by atoms with van der Waals surface area (Å²) < 4.78 is 5.30. The second-order valence-corrected chi connectivity index (χ2v) is 5.88. The fraction of sp³-hybridized carbons (Fsp3) is 0.182. The molecule has 2 aromatic rings. The summed E-state index contributed by atoms with van der Waals surface area (Å²) in [7, 11) is 1.36. The molecule has 2 rings (SSSR count). The first kappa shape index (κ1) is 13.3. The van der Waals surface area contributed by atoms with Gasteiger partial charge in [0.15, 0.2) is 4.34 Å². The van der Waals surface area contributed by atoms with Crippen LogP contribution in [0, 0.1) is 0 Å². The lowest BCUT2D eigenvalue weighted by atomic mass is 10.2. The number of esters is 1. The molecule has 0 aliphatic rings. The Hall–Kier alpha value is -1.11. The average molecular weight is 301 g/mol. The van der Waals surface area contributed by atoms with Crippen molar-refractivity contribution in [2.24, 2.45) is 0 Å². The maximum absolute atomic E-state index is 11.0. The summed E-state index contributed by atoms with van der Waals surface area (Å²) in [4.78, 5) is 11.0. The first-order valence-corrected chi connectivity index (χ1v) is 7.16. The highest BCUT2D eigenvalue weighted by Gasteiger charge is 2.09. The van der Waals surface area contributed by atoms with Crippen molar-refractivity contribution in [2.45, 2.75) is 4.34 Å². The highest BCUT2D eigenvalue weighted by molar-refractivity contribution is 8.01. The molecule has 18 heavy (non-hydrogen) atoms. The van der Waals surface area contributed by atoms with Crippen molar-refractivity contribution >= 4 is 40.7 Å². The SMILES string of the molecule is COC(=O)CSc1nnc(-c2ccc(Cl)cc2)s1. The van der Waals surface area contributed by atoms with Gasteiger partial charge in [0.1, 0.15) is 5.01 Å². The van der Waals surface area contributed by atoms with E-state index in [2.05, 4.69) is 14.9 Å². The summed E-state index contributed by atoms with van der Waals surface area (Å²) in [6.07, 6.45) is 0. The average Bonchev–Trinajstić information content (AvgIpc) is 2.85. The lowest BCUT2D eigenvalue weighted by molar-refractivity contribution is -0.137. The van der Waals surface area contributed by atoms with Gasteiger partial charge < -0.3 is 4.74 Å². The van der Waals surface area contributed by atoms with Gasteiger partial charge in [-0.1, -0.05) is 46.8 Å². The predicted octanol–water partition coefficient (Wildman–Crippen LogP) is 3.12. The maximum atomic E-state index is 11.0. The summed E-state index contributed by atoms with van der Waals surface area (Å²) >= 11 is 8.57. The van der Waals surface area contributed by atoms with E-state index in [-0.39, 0.29) is 11.7 Å². The number of carbonyl (C=O) groups excluding carboxylic acids is 1. The summed E-state index contributed by atoms with van der Waals surface area (Å²) in [5.41, 5.74) is 0.960. The van der Waals surface area contributed by atoms with Crippen molar-refractivity contribution < 1.29 is 9.53 Å². The normalized spacial score (nSPS) is 10.3. The highest BCUT2D eigenvalue weighted by Crippen LogP contribution is 2.29. The minimum atomic E-state index is -0.275. The molecule has 0 bridgehead atoms. The Morgan fingerprint density at radius 1 is 1.39 bits per heavy atom. The van der Waals surface area contributed by atoms with Crippen molar-refractivity contribution in [1.29, 1.82) is 0 Å². The Balaban J connectivity index is 2.06. The van der Waals surface area contributed by atoms with Gasteiger partial charge in [-0.05, 0) is 12.1 Å². The standard InChI is InChI=1S/C11H9ClN2O2S2/c1-16-9(15)6-17-11-14-13-10(18-11)7-2-4-8(12)5-3-7/h2-5H,6H2,1H3. The number of aromatic nitrogens is 2. The quantitative estimate of drug-likeness (QED) is 0.641. The van der Waals surface area contributed by atoms with E-state index in [4.69, 9.17) is 11.6 Å². The van der Waals surface area contributed by atoms with Crippen molar-refractivity contribution in [3.8, 4) is 10.6 Å². The number of benzene rings is 1. The summed E-state index contributed by atoms with van der Waals surface area (Å²) in [5.74, 6) is -0.0330. The van der Waals surface area contributed by atoms with Crippen LogP contribution in [0.2, 0.25) is 5.02 Å². The molecule has 0 unspecified atom stereocenters. The Kier molecular flexibility index (Phi) is 4.57. The second-order valence-electron chi connectivity index (χ2n) is 3.24. The lowest BCUT2D eigenvalue weighted by Gasteiger charge is -1.95. The Morgan fingerprint density at radius 2 is 2.11 bits per heavy atom. The van der Waals surface area contributed by atoms with Crippen molar-refractivity contribution in [2.75, 3.05) is 12.9 Å². The third-order valence-corrected chi connectivity index (χ3v) is 4.37. The number of hydrogen-bond donors (Lipinski definition) is 0. The molecule has 7 heteroatoms. The van der Waals surface area contributed by atoms with Crippen LogP contribution in [0.1, 0.15) is 0 Å². The molecule has 0 aliphatic carbocycles. The molecule has 0 fully saturated rings. The van der Waals surface area contributed by atoms with E-state index in [0.717, 1.165) is 14.9 Å². The van der Waals surface area contributed by atoms with Gasteiger partial charge in [0.25, 0.3) is 0 Å². The molecule has 4 nitrogen and oxygen atoms in total. The van der Waals surface area contributed by atoms with E-state index in [1.54, 1.807) is 12.1 Å². The van der Waals surface area contributed by atoms with Gasteiger partial charge in [0.2, 0.25) is 0 Å². The van der Waals surface area contributed by atoms with Crippen molar-refractivity contribution in [1.82, 2.24) is 10.2 Å². The molecule has 94 valence electrons. The monoisotopic (exact) mass is 300 g/mol. The van der Waals surface area contributed by atoms with Crippen LogP contribution in [0.3, 0.4) is 0 Å². The number of carbonyl (C=O) groups is 1. The zero-order valence-electron chi connectivity index (χ0n) is 9.42. The number of thioether (sulfide) groups is 1. The molecule has 1 heterocycles. The van der Waals surface area contributed by atoms with Gasteiger partial charge >= 0.3 is 5.97 Å². The molecule has 0 atom stereocenters. The van der Waals surface area contributed by atoms with E-state index in [1.807, 2.05) is 12.1 Å². The molecule has 0 radical (unpaired) electrons. The maximum Gasteiger partial charge on any atom is 0.316 e. The zero-order valence-corrected chi connectivity index (χ0v) is 11.8. The number of rotatable bonds is 4. The van der Waals surface area contributed by atoms with Gasteiger partial charge in [0.05, 0.1) is 12.9 Å². The topological polar surface area (TPSA) is 52.1 Å². The van der Waals surface area contributed by atoms with Crippen LogP contribution in [0.4, 0.5) is 0 Å². The Bertz CT molecular complexity index is 542. The van der Waals surface area contributed by atoms with Crippen molar-refractivity contribution in [3.63, 3.8) is 0 Å². The minimum Gasteiger partial charge on any atom is -0.468 e. The molecule has 1 aromatic carbocycles. The molecular weight excluding hydrogens is 292 g/mol. The summed E-state index contributed by atoms with van der Waals surface area (Å²) in [6, 6.07) is 7.38. The minimum absolute atomic E-state index is 0.242. The van der Waals surface area contributed by atoms with Crippen LogP contribution in [-0.2, 0) is 9.53 Å². The molecule has 0 saturated carbocycles. The van der Waals surface area contributed by atoms with Gasteiger partial charge in [-0.15, -0.1) is 10.2 Å². The Labute approximate surface area is 117 Å². The fourth-order valence-electron chi connectivity index (χ4n) is 1.16. The van der Waals surface area contributed by atoms with Crippen LogP contribution in [0.15, 0.2) is 28.6 Å². The van der Waals surface area contributed by atoms with Gasteiger partial charge in [-0.3, -0.25) is 4.79 Å². The third-order valence-electron chi connectivity index (χ3n) is 2.04. The molecule has 0 aliphatic heterocycles. The number of ether oxygens (including phenoxy) is 1. The fourth-order valence-corrected chi connectivity index (χ4v) is 2.97. The lowest BCUT2D eigenvalue weighted by Crippen LogP contribution is -2.02. The molecule has 1 aromatic heterocycles. The Morgan fingerprint density at radius 3 is 2.78 bits per heavy atom. The number of halogens is 1. The van der Waals surface area contributed by atoms with Crippen LogP contribution in [0.5, 0.6) is 0 Å². The van der Waals surface area contributed by atoms with E-state index < -0.39 is 0 Å².